The topological polar surface area (TPSA) is 65.4 Å². The monoisotopic (exact) mass is 363 g/mol. The van der Waals surface area contributed by atoms with Gasteiger partial charge in [0.25, 0.3) is 5.91 Å². The number of rotatable bonds is 6. The summed E-state index contributed by atoms with van der Waals surface area (Å²) in [5.41, 5.74) is 2.43. The van der Waals surface area contributed by atoms with E-state index in [4.69, 9.17) is 4.74 Å². The fraction of sp³-hybridized carbons (Fsp3) is 0.364. The van der Waals surface area contributed by atoms with Crippen LogP contribution in [-0.4, -0.2) is 37.6 Å². The number of nitrogens with one attached hydrogen (secondary N) is 1. The number of piperidine rings is 1. The third-order valence-electron chi connectivity index (χ3n) is 5.02. The van der Waals surface area contributed by atoms with Crippen LogP contribution in [0.4, 0.5) is 0 Å². The highest BCUT2D eigenvalue weighted by atomic mass is 16.5. The van der Waals surface area contributed by atoms with Gasteiger partial charge in [-0.3, -0.25) is 9.69 Å². The molecule has 0 saturated carbocycles. The summed E-state index contributed by atoms with van der Waals surface area (Å²) in [5.74, 6) is 1.03. The van der Waals surface area contributed by atoms with Crippen molar-refractivity contribution in [2.75, 3.05) is 26.7 Å². The summed E-state index contributed by atoms with van der Waals surface area (Å²) >= 11 is 0. The molecular formula is C22H25N3O2. The first-order valence-corrected chi connectivity index (χ1v) is 9.32. The predicted molar refractivity (Wildman–Crippen MR) is 104 cm³/mol. The Morgan fingerprint density at radius 2 is 2.15 bits per heavy atom. The fourth-order valence-corrected chi connectivity index (χ4v) is 3.57. The maximum absolute atomic E-state index is 12.4. The molecule has 140 valence electrons. The van der Waals surface area contributed by atoms with Gasteiger partial charge in [-0.2, -0.15) is 5.26 Å². The molecule has 2 aromatic rings. The Balaban J connectivity index is 1.54. The van der Waals surface area contributed by atoms with Crippen LogP contribution in [0.15, 0.2) is 48.5 Å². The molecule has 5 nitrogen and oxygen atoms in total. The molecule has 0 aromatic heterocycles. The van der Waals surface area contributed by atoms with Gasteiger partial charge in [0.2, 0.25) is 0 Å². The number of hydrogen-bond donors (Lipinski definition) is 1. The third kappa shape index (κ3) is 5.08. The third-order valence-corrected chi connectivity index (χ3v) is 5.02. The van der Waals surface area contributed by atoms with Gasteiger partial charge in [0, 0.05) is 25.2 Å². The average Bonchev–Trinajstić information content (AvgIpc) is 2.72. The highest BCUT2D eigenvalue weighted by molar-refractivity contribution is 5.94. The Morgan fingerprint density at radius 1 is 1.30 bits per heavy atom. The van der Waals surface area contributed by atoms with E-state index >= 15 is 0 Å². The number of ether oxygens (including phenoxy) is 1. The zero-order valence-electron chi connectivity index (χ0n) is 15.6. The lowest BCUT2D eigenvalue weighted by molar-refractivity contribution is 0.0930. The van der Waals surface area contributed by atoms with Crippen LogP contribution in [0.3, 0.4) is 0 Å². The van der Waals surface area contributed by atoms with E-state index in [0.29, 0.717) is 23.8 Å². The second-order valence-electron chi connectivity index (χ2n) is 6.95. The molecular weight excluding hydrogens is 338 g/mol. The smallest absolute Gasteiger partial charge is 0.251 e. The lowest BCUT2D eigenvalue weighted by atomic mass is 9.97. The Labute approximate surface area is 160 Å². The van der Waals surface area contributed by atoms with Crippen LogP contribution in [0.25, 0.3) is 0 Å². The molecule has 1 aliphatic heterocycles. The zero-order valence-corrected chi connectivity index (χ0v) is 15.6. The summed E-state index contributed by atoms with van der Waals surface area (Å²) in [6.45, 7) is 3.40. The molecule has 3 rings (SSSR count). The molecule has 0 bridgehead atoms. The van der Waals surface area contributed by atoms with Crippen molar-refractivity contribution < 1.29 is 9.53 Å². The van der Waals surface area contributed by atoms with Crippen LogP contribution in [-0.2, 0) is 6.54 Å². The molecule has 1 amide bonds. The second-order valence-corrected chi connectivity index (χ2v) is 6.95. The molecule has 1 aliphatic rings. The minimum Gasteiger partial charge on any atom is -0.497 e. The van der Waals surface area contributed by atoms with Crippen LogP contribution < -0.4 is 10.1 Å². The van der Waals surface area contributed by atoms with Crippen molar-refractivity contribution in [1.82, 2.24) is 10.2 Å². The first-order chi connectivity index (χ1) is 13.2. The predicted octanol–water partition coefficient (Wildman–Crippen LogP) is 3.21. The van der Waals surface area contributed by atoms with Gasteiger partial charge in [-0.15, -0.1) is 0 Å². The van der Waals surface area contributed by atoms with E-state index in [9.17, 15) is 10.1 Å². The van der Waals surface area contributed by atoms with E-state index in [1.807, 2.05) is 36.4 Å². The van der Waals surface area contributed by atoms with Crippen molar-refractivity contribution in [3.05, 3.63) is 65.2 Å². The Hall–Kier alpha value is -2.84. The van der Waals surface area contributed by atoms with E-state index < -0.39 is 0 Å². The molecule has 1 fully saturated rings. The molecule has 0 aliphatic carbocycles. The molecule has 2 aromatic carbocycles. The summed E-state index contributed by atoms with van der Waals surface area (Å²) in [6, 6.07) is 17.2. The van der Waals surface area contributed by atoms with Gasteiger partial charge in [-0.1, -0.05) is 24.3 Å². The van der Waals surface area contributed by atoms with Gasteiger partial charge in [0.1, 0.15) is 5.75 Å². The van der Waals surface area contributed by atoms with Crippen molar-refractivity contribution in [3.8, 4) is 11.8 Å². The van der Waals surface area contributed by atoms with Crippen molar-refractivity contribution in [2.24, 2.45) is 5.92 Å². The van der Waals surface area contributed by atoms with E-state index in [2.05, 4.69) is 16.3 Å². The molecule has 1 N–H and O–H groups in total. The summed E-state index contributed by atoms with van der Waals surface area (Å²) in [4.78, 5) is 14.8. The van der Waals surface area contributed by atoms with E-state index in [-0.39, 0.29) is 5.91 Å². The number of nitrogens with zero attached hydrogens (tertiary/aromatic N) is 2. The van der Waals surface area contributed by atoms with Crippen molar-refractivity contribution in [3.63, 3.8) is 0 Å². The molecule has 0 spiro atoms. The summed E-state index contributed by atoms with van der Waals surface area (Å²) in [5, 5.41) is 12.3. The van der Waals surface area contributed by atoms with Crippen LogP contribution in [0.1, 0.15) is 34.3 Å². The summed E-state index contributed by atoms with van der Waals surface area (Å²) in [7, 11) is 1.60. The molecule has 1 atom stereocenters. The summed E-state index contributed by atoms with van der Waals surface area (Å²) in [6.07, 6.45) is 2.21. The standard InChI is InChI=1S/C22H25N3O2/c1-27-21-10-4-9-18(12-21)22(26)24-14-17-6-5-11-25(15-17)16-20-8-3-2-7-19(20)13-23/h2-4,7-10,12,17H,5-6,11,14-16H2,1H3,(H,24,26). The normalized spacial score (nSPS) is 17.1. The van der Waals surface area contributed by atoms with E-state index in [1.165, 1.54) is 0 Å². The quantitative estimate of drug-likeness (QED) is 0.856. The number of carbonyl (C=O) groups is 1. The van der Waals surface area contributed by atoms with E-state index in [0.717, 1.165) is 43.6 Å². The second kappa shape index (κ2) is 9.20. The number of hydrogen-bond acceptors (Lipinski definition) is 4. The van der Waals surface area contributed by atoms with Gasteiger partial charge in [-0.05, 0) is 55.1 Å². The van der Waals surface area contributed by atoms with Crippen LogP contribution in [0.2, 0.25) is 0 Å². The molecule has 1 unspecified atom stereocenters. The van der Waals surface area contributed by atoms with Gasteiger partial charge in [-0.25, -0.2) is 0 Å². The minimum absolute atomic E-state index is 0.0687. The molecule has 0 radical (unpaired) electrons. The maximum Gasteiger partial charge on any atom is 0.251 e. The number of likely N-dealkylation sites (tertiary alicyclic amines) is 1. The minimum atomic E-state index is -0.0687. The fourth-order valence-electron chi connectivity index (χ4n) is 3.57. The Kier molecular flexibility index (Phi) is 6.45. The lowest BCUT2D eigenvalue weighted by Crippen LogP contribution is -2.40. The first kappa shape index (κ1) is 18.9. The molecule has 1 heterocycles. The Bertz CT molecular complexity index is 828. The largest absolute Gasteiger partial charge is 0.497 e. The van der Waals surface area contributed by atoms with Crippen LogP contribution in [0.5, 0.6) is 5.75 Å². The number of methoxy groups -OCH3 is 1. The van der Waals surface area contributed by atoms with Gasteiger partial charge in [0.15, 0.2) is 0 Å². The van der Waals surface area contributed by atoms with Crippen molar-refractivity contribution in [2.45, 2.75) is 19.4 Å². The maximum atomic E-state index is 12.4. The molecule has 1 saturated heterocycles. The van der Waals surface area contributed by atoms with E-state index in [1.54, 1.807) is 19.2 Å². The number of benzene rings is 2. The zero-order chi connectivity index (χ0) is 19.1. The van der Waals surface area contributed by atoms with Gasteiger partial charge < -0.3 is 10.1 Å². The number of nitriles is 1. The lowest BCUT2D eigenvalue weighted by Gasteiger charge is -2.33. The van der Waals surface area contributed by atoms with Crippen LogP contribution >= 0.6 is 0 Å². The van der Waals surface area contributed by atoms with Gasteiger partial charge in [0.05, 0.1) is 18.7 Å². The van der Waals surface area contributed by atoms with Gasteiger partial charge >= 0.3 is 0 Å². The van der Waals surface area contributed by atoms with Crippen LogP contribution in [0, 0.1) is 17.2 Å². The first-order valence-electron chi connectivity index (χ1n) is 9.32. The van der Waals surface area contributed by atoms with Crippen molar-refractivity contribution >= 4 is 5.91 Å². The Morgan fingerprint density at radius 3 is 2.96 bits per heavy atom. The van der Waals surface area contributed by atoms with Crippen molar-refractivity contribution in [1.29, 1.82) is 5.26 Å². The number of carbonyl (C=O) groups excluding carboxylic acids is 1. The molecule has 5 heteroatoms. The molecule has 27 heavy (non-hydrogen) atoms. The highest BCUT2D eigenvalue weighted by Gasteiger charge is 2.21. The number of amides is 1. The highest BCUT2D eigenvalue weighted by Crippen LogP contribution is 2.20. The SMILES string of the molecule is COc1cccc(C(=O)NCC2CCCN(Cc3ccccc3C#N)C2)c1. The summed E-state index contributed by atoms with van der Waals surface area (Å²) < 4.78 is 5.18. The average molecular weight is 363 g/mol.